The average Bonchev–Trinajstić information content (AvgIpc) is 2.15. The van der Waals surface area contributed by atoms with Crippen molar-refractivity contribution in [1.29, 1.82) is 0 Å². The van der Waals surface area contributed by atoms with Crippen LogP contribution in [0.1, 0.15) is 10.4 Å². The molecule has 0 heterocycles. The molecule has 0 fully saturated rings. The van der Waals surface area contributed by atoms with Crippen molar-refractivity contribution in [2.45, 2.75) is 19.6 Å². The minimum Gasteiger partial charge on any atom is -0.300 e. The van der Waals surface area contributed by atoms with Crippen LogP contribution in [0.15, 0.2) is 24.3 Å². The van der Waals surface area contributed by atoms with Gasteiger partial charge in [-0.05, 0) is 0 Å². The first-order valence-electron chi connectivity index (χ1n) is 4.61. The van der Waals surface area contributed by atoms with Crippen molar-refractivity contribution >= 4 is 19.2 Å². The first-order chi connectivity index (χ1) is 6.82. The third kappa shape index (κ3) is 2.73. The summed E-state index contributed by atoms with van der Waals surface area (Å²) in [7, 11) is -1.92. The van der Waals surface area contributed by atoms with E-state index in [0.717, 1.165) is 0 Å². The van der Waals surface area contributed by atoms with Crippen molar-refractivity contribution in [3.8, 4) is 0 Å². The van der Waals surface area contributed by atoms with Crippen LogP contribution in [-0.2, 0) is 0 Å². The van der Waals surface area contributed by atoms with Crippen molar-refractivity contribution in [3.63, 3.8) is 0 Å². The van der Waals surface area contributed by atoms with Gasteiger partial charge in [-0.15, -0.1) is 0 Å². The summed E-state index contributed by atoms with van der Waals surface area (Å²) in [5, 5.41) is 10.6. The molecule has 0 saturated carbocycles. The number of nitrogens with zero attached hydrogens (tertiary/aromatic N) is 1. The summed E-state index contributed by atoms with van der Waals surface area (Å²) in [5.74, 6) is 0. The van der Waals surface area contributed by atoms with Gasteiger partial charge in [-0.2, -0.15) is 0 Å². The molecule has 5 heteroatoms. The van der Waals surface area contributed by atoms with Crippen LogP contribution in [0, 0.1) is 10.1 Å². The number of hydrogen-bond acceptors (Lipinski definition) is 3. The summed E-state index contributed by atoms with van der Waals surface area (Å²) in [6.07, 6.45) is 0. The van der Waals surface area contributed by atoms with Crippen molar-refractivity contribution in [2.24, 2.45) is 0 Å². The van der Waals surface area contributed by atoms with Gasteiger partial charge in [-0.3, -0.25) is 10.1 Å². The molecule has 0 atom stereocenters. The zero-order valence-electron chi connectivity index (χ0n) is 8.98. The number of nitro benzene ring substituents is 1. The molecule has 0 N–H and O–H groups in total. The van der Waals surface area contributed by atoms with Gasteiger partial charge in [0.2, 0.25) is 0 Å². The van der Waals surface area contributed by atoms with E-state index in [4.69, 9.17) is 0 Å². The zero-order chi connectivity index (χ0) is 11.6. The normalized spacial score (nSPS) is 11.1. The van der Waals surface area contributed by atoms with E-state index in [9.17, 15) is 14.9 Å². The van der Waals surface area contributed by atoms with Gasteiger partial charge < -0.3 is 4.79 Å². The van der Waals surface area contributed by atoms with E-state index >= 15 is 0 Å². The Kier molecular flexibility index (Phi) is 3.04. The molecule has 4 nitrogen and oxygen atoms in total. The van der Waals surface area contributed by atoms with E-state index in [0.29, 0.717) is 5.56 Å². The Morgan fingerprint density at radius 1 is 1.33 bits per heavy atom. The monoisotopic (exact) mass is 223 g/mol. The lowest BCUT2D eigenvalue weighted by Gasteiger charge is -2.13. The quantitative estimate of drug-likeness (QED) is 0.449. The molecule has 80 valence electrons. The van der Waals surface area contributed by atoms with Crippen molar-refractivity contribution in [2.75, 3.05) is 0 Å². The fourth-order valence-corrected chi connectivity index (χ4v) is 2.22. The van der Waals surface area contributed by atoms with E-state index in [2.05, 4.69) is 0 Å². The summed E-state index contributed by atoms with van der Waals surface area (Å²) in [4.78, 5) is 21.9. The minimum absolute atomic E-state index is 0.0286. The van der Waals surface area contributed by atoms with Crippen LogP contribution in [0.5, 0.6) is 0 Å². The van der Waals surface area contributed by atoms with Gasteiger partial charge in [-0.1, -0.05) is 31.8 Å². The number of benzene rings is 1. The Balaban J connectivity index is 3.12. The first-order valence-corrected chi connectivity index (χ1v) is 8.11. The number of carbonyl (C=O) groups excluding carboxylic acids is 1. The van der Waals surface area contributed by atoms with E-state index in [-0.39, 0.29) is 11.1 Å². The number of non-ortho nitro benzene ring substituents is 1. The Morgan fingerprint density at radius 3 is 2.40 bits per heavy atom. The molecule has 0 amide bonds. The first kappa shape index (κ1) is 11.6. The molecular formula is C10H13NO3Si. The Labute approximate surface area is 89.1 Å². The number of nitro groups is 1. The second kappa shape index (κ2) is 3.94. The van der Waals surface area contributed by atoms with E-state index in [1.54, 1.807) is 12.1 Å². The molecule has 15 heavy (non-hydrogen) atoms. The Morgan fingerprint density at radius 2 is 1.93 bits per heavy atom. The molecular weight excluding hydrogens is 210 g/mol. The molecule has 0 aliphatic carbocycles. The largest absolute Gasteiger partial charge is 0.300 e. The molecule has 0 aliphatic heterocycles. The van der Waals surface area contributed by atoms with Crippen LogP contribution in [-0.4, -0.2) is 18.4 Å². The van der Waals surface area contributed by atoms with Gasteiger partial charge in [0.05, 0.1) is 4.92 Å². The number of rotatable bonds is 3. The van der Waals surface area contributed by atoms with Gasteiger partial charge in [0.25, 0.3) is 5.69 Å². The van der Waals surface area contributed by atoms with Gasteiger partial charge in [0.15, 0.2) is 0 Å². The van der Waals surface area contributed by atoms with Gasteiger partial charge in [0, 0.05) is 17.7 Å². The van der Waals surface area contributed by atoms with Crippen LogP contribution in [0.3, 0.4) is 0 Å². The Bertz CT molecular complexity index is 409. The molecule has 0 radical (unpaired) electrons. The average molecular weight is 223 g/mol. The highest BCUT2D eigenvalue weighted by Gasteiger charge is 2.26. The summed E-state index contributed by atoms with van der Waals surface area (Å²) < 4.78 is 0. The SMILES string of the molecule is C[Si](C)(C)C(=O)c1cccc([N+](=O)[O-])c1. The van der Waals surface area contributed by atoms with Crippen LogP contribution in [0.4, 0.5) is 5.69 Å². The lowest BCUT2D eigenvalue weighted by molar-refractivity contribution is -0.384. The lowest BCUT2D eigenvalue weighted by atomic mass is 10.2. The smallest absolute Gasteiger partial charge is 0.270 e. The van der Waals surface area contributed by atoms with E-state index in [1.165, 1.54) is 12.1 Å². The van der Waals surface area contributed by atoms with Crippen LogP contribution < -0.4 is 0 Å². The zero-order valence-corrected chi connectivity index (χ0v) is 9.98. The molecule has 1 aromatic carbocycles. The predicted octanol–water partition coefficient (Wildman–Crippen LogP) is 2.65. The standard InChI is InChI=1S/C10H13NO3Si/c1-15(2,3)10(12)8-5-4-6-9(7-8)11(13)14/h4-7H,1-3H3. The molecule has 0 unspecified atom stereocenters. The fraction of sp³-hybridized carbons (Fsp3) is 0.300. The number of carbonyl (C=O) groups is 1. The van der Waals surface area contributed by atoms with Gasteiger partial charge >= 0.3 is 0 Å². The van der Waals surface area contributed by atoms with E-state index < -0.39 is 13.0 Å². The van der Waals surface area contributed by atoms with Crippen molar-refractivity contribution in [1.82, 2.24) is 0 Å². The molecule has 0 aromatic heterocycles. The van der Waals surface area contributed by atoms with Crippen LogP contribution in [0.2, 0.25) is 19.6 Å². The summed E-state index contributed by atoms with van der Waals surface area (Å²) >= 11 is 0. The molecule has 1 rings (SSSR count). The predicted molar refractivity (Wildman–Crippen MR) is 60.8 cm³/mol. The maximum Gasteiger partial charge on any atom is 0.270 e. The lowest BCUT2D eigenvalue weighted by Crippen LogP contribution is -2.33. The molecule has 0 aliphatic rings. The molecule has 0 bridgehead atoms. The third-order valence-electron chi connectivity index (χ3n) is 2.00. The molecule has 0 saturated heterocycles. The van der Waals surface area contributed by atoms with E-state index in [1.807, 2.05) is 19.6 Å². The Hall–Kier alpha value is -1.49. The van der Waals surface area contributed by atoms with Crippen LogP contribution in [0.25, 0.3) is 0 Å². The van der Waals surface area contributed by atoms with Crippen molar-refractivity contribution in [3.05, 3.63) is 39.9 Å². The highest BCUT2D eigenvalue weighted by atomic mass is 28.3. The minimum atomic E-state index is -1.92. The summed E-state index contributed by atoms with van der Waals surface area (Å²) in [6.45, 7) is 5.77. The van der Waals surface area contributed by atoms with Crippen LogP contribution >= 0.6 is 0 Å². The highest BCUT2D eigenvalue weighted by Crippen LogP contribution is 2.17. The molecule has 1 aromatic rings. The maximum absolute atomic E-state index is 11.9. The maximum atomic E-state index is 11.9. The fourth-order valence-electron chi connectivity index (χ4n) is 1.19. The van der Waals surface area contributed by atoms with Gasteiger partial charge in [-0.25, -0.2) is 0 Å². The van der Waals surface area contributed by atoms with Crippen molar-refractivity contribution < 1.29 is 9.72 Å². The van der Waals surface area contributed by atoms with Gasteiger partial charge in [0.1, 0.15) is 13.5 Å². The second-order valence-electron chi connectivity index (χ2n) is 4.39. The number of hydrogen-bond donors (Lipinski definition) is 0. The second-order valence-corrected chi connectivity index (χ2v) is 9.34. The summed E-state index contributed by atoms with van der Waals surface area (Å²) in [6, 6.07) is 5.92. The topological polar surface area (TPSA) is 60.2 Å². The summed E-state index contributed by atoms with van der Waals surface area (Å²) in [5.41, 5.74) is 0.419. The molecule has 0 spiro atoms. The highest BCUT2D eigenvalue weighted by molar-refractivity contribution is 7.05. The third-order valence-corrected chi connectivity index (χ3v) is 3.65.